The number of hydrogen-bond donors (Lipinski definition) is 2. The Morgan fingerprint density at radius 3 is 2.13 bits per heavy atom. The van der Waals surface area contributed by atoms with Crippen LogP contribution >= 0.6 is 0 Å². The third-order valence-corrected chi connectivity index (χ3v) is 2.88. The van der Waals surface area contributed by atoms with Gasteiger partial charge in [-0.2, -0.15) is 18.4 Å². The molecule has 15 heavy (non-hydrogen) atoms. The number of nitriles is 1. The molecule has 88 valence electrons. The molecule has 0 heterocycles. The zero-order valence-corrected chi connectivity index (χ0v) is 10.4. The molecule has 0 aromatic heterocycles. The Hall–Kier alpha value is -0.640. The largest absolute Gasteiger partial charge is 0.278 e. The van der Waals surface area contributed by atoms with Gasteiger partial charge >= 0.3 is 0 Å². The van der Waals surface area contributed by atoms with Crippen LogP contribution in [-0.4, -0.2) is 21.0 Å². The predicted molar refractivity (Wildman–Crippen MR) is 59.1 cm³/mol. The first-order valence-corrected chi connectivity index (χ1v) is 6.43. The summed E-state index contributed by atoms with van der Waals surface area (Å²) < 4.78 is 27.6. The Bertz CT molecular complexity index is 317. The van der Waals surface area contributed by atoms with Crippen LogP contribution in [0.3, 0.4) is 0 Å². The lowest BCUT2D eigenvalue weighted by Crippen LogP contribution is -2.45. The van der Waals surface area contributed by atoms with E-state index in [1.54, 1.807) is 13.8 Å². The summed E-state index contributed by atoms with van der Waals surface area (Å²) in [6.45, 7) is 7.77. The van der Waals surface area contributed by atoms with Gasteiger partial charge in [-0.1, -0.05) is 27.7 Å². The van der Waals surface area contributed by atoms with E-state index in [1.165, 1.54) is 0 Å². The van der Waals surface area contributed by atoms with Gasteiger partial charge in [-0.15, -0.1) is 0 Å². The van der Waals surface area contributed by atoms with E-state index in [2.05, 4.69) is 9.44 Å². The van der Waals surface area contributed by atoms with Gasteiger partial charge < -0.3 is 0 Å². The van der Waals surface area contributed by atoms with E-state index in [0.29, 0.717) is 6.54 Å². The highest BCUT2D eigenvalue weighted by Crippen LogP contribution is 2.01. The zero-order chi connectivity index (χ0) is 12.1. The van der Waals surface area contributed by atoms with E-state index < -0.39 is 16.3 Å². The van der Waals surface area contributed by atoms with Gasteiger partial charge in [0.15, 0.2) is 0 Å². The molecule has 0 aromatic carbocycles. The molecule has 0 amide bonds. The molecule has 0 spiro atoms. The predicted octanol–water partition coefficient (Wildman–Crippen LogP) is 0.615. The lowest BCUT2D eigenvalue weighted by atomic mass is 10.1. The Kier molecular flexibility index (Phi) is 5.80. The molecule has 0 saturated heterocycles. The summed E-state index contributed by atoms with van der Waals surface area (Å²) in [5.74, 6) is 0.187. The van der Waals surface area contributed by atoms with E-state index in [1.807, 2.05) is 19.9 Å². The van der Waals surface area contributed by atoms with Gasteiger partial charge in [0.05, 0.1) is 6.07 Å². The molecule has 2 N–H and O–H groups in total. The molecule has 0 rings (SSSR count). The minimum absolute atomic E-state index is 0.0503. The minimum atomic E-state index is -3.56. The number of nitrogens with zero attached hydrogens (tertiary/aromatic N) is 1. The molecule has 6 heteroatoms. The molecule has 0 radical (unpaired) electrons. The van der Waals surface area contributed by atoms with Crippen molar-refractivity contribution in [1.82, 2.24) is 9.44 Å². The highest BCUT2D eigenvalue weighted by molar-refractivity contribution is 7.87. The second kappa shape index (κ2) is 6.05. The van der Waals surface area contributed by atoms with Crippen molar-refractivity contribution in [3.05, 3.63) is 0 Å². The SMILES string of the molecule is CC(C)CNS(=O)(=O)NC(C#N)C(C)C. The summed E-state index contributed by atoms with van der Waals surface area (Å²) in [6.07, 6.45) is 0. The molecule has 0 aliphatic carbocycles. The molecule has 0 aromatic rings. The van der Waals surface area contributed by atoms with E-state index in [4.69, 9.17) is 5.26 Å². The molecule has 0 aliphatic heterocycles. The minimum Gasteiger partial charge on any atom is -0.202 e. The third kappa shape index (κ3) is 6.44. The highest BCUT2D eigenvalue weighted by Gasteiger charge is 2.19. The van der Waals surface area contributed by atoms with Crippen LogP contribution in [-0.2, 0) is 10.2 Å². The topological polar surface area (TPSA) is 82.0 Å². The molecule has 0 fully saturated rings. The summed E-state index contributed by atoms with van der Waals surface area (Å²) in [5.41, 5.74) is 0. The fourth-order valence-electron chi connectivity index (χ4n) is 0.797. The second-order valence-electron chi connectivity index (χ2n) is 4.21. The number of hydrogen-bond acceptors (Lipinski definition) is 3. The Morgan fingerprint density at radius 1 is 1.27 bits per heavy atom. The molecular formula is C9H19N3O2S. The average Bonchev–Trinajstić information content (AvgIpc) is 2.11. The smallest absolute Gasteiger partial charge is 0.202 e. The summed E-state index contributed by atoms with van der Waals surface area (Å²) in [7, 11) is -3.56. The van der Waals surface area contributed by atoms with Crippen molar-refractivity contribution in [2.24, 2.45) is 11.8 Å². The maximum Gasteiger partial charge on any atom is 0.278 e. The van der Waals surface area contributed by atoms with Crippen LogP contribution in [0.1, 0.15) is 27.7 Å². The average molecular weight is 233 g/mol. The van der Waals surface area contributed by atoms with Gasteiger partial charge in [-0.05, 0) is 11.8 Å². The first kappa shape index (κ1) is 14.4. The van der Waals surface area contributed by atoms with E-state index in [9.17, 15) is 8.42 Å². The Balaban J connectivity index is 4.32. The summed E-state index contributed by atoms with van der Waals surface area (Å²) in [6, 6.07) is 1.23. The normalized spacial score (nSPS) is 14.2. The van der Waals surface area contributed by atoms with Gasteiger partial charge in [-0.3, -0.25) is 0 Å². The first-order chi connectivity index (χ1) is 6.78. The van der Waals surface area contributed by atoms with E-state index >= 15 is 0 Å². The molecular weight excluding hydrogens is 214 g/mol. The maximum atomic E-state index is 11.4. The zero-order valence-electron chi connectivity index (χ0n) is 9.61. The van der Waals surface area contributed by atoms with Crippen molar-refractivity contribution in [2.75, 3.05) is 6.54 Å². The summed E-state index contributed by atoms with van der Waals surface area (Å²) in [5, 5.41) is 8.73. The van der Waals surface area contributed by atoms with Crippen molar-refractivity contribution in [1.29, 1.82) is 5.26 Å². The van der Waals surface area contributed by atoms with Crippen molar-refractivity contribution in [3.63, 3.8) is 0 Å². The molecule has 0 bridgehead atoms. The van der Waals surface area contributed by atoms with Crippen LogP contribution in [0, 0.1) is 23.2 Å². The number of rotatable bonds is 6. The quantitative estimate of drug-likeness (QED) is 0.705. The lowest BCUT2D eigenvalue weighted by molar-refractivity contribution is 0.501. The van der Waals surface area contributed by atoms with E-state index in [-0.39, 0.29) is 11.8 Å². The van der Waals surface area contributed by atoms with Gasteiger partial charge in [0.2, 0.25) is 0 Å². The number of nitrogens with one attached hydrogen (secondary N) is 2. The van der Waals surface area contributed by atoms with E-state index in [0.717, 1.165) is 0 Å². The standard InChI is InChI=1S/C9H19N3O2S/c1-7(2)6-11-15(13,14)12-9(5-10)8(3)4/h7-9,11-12H,6H2,1-4H3. The second-order valence-corrected chi connectivity index (χ2v) is 5.75. The third-order valence-electron chi connectivity index (χ3n) is 1.77. The van der Waals surface area contributed by atoms with Crippen LogP contribution in [0.25, 0.3) is 0 Å². The summed E-state index contributed by atoms with van der Waals surface area (Å²) >= 11 is 0. The fourth-order valence-corrected chi connectivity index (χ4v) is 2.09. The van der Waals surface area contributed by atoms with Crippen molar-refractivity contribution < 1.29 is 8.42 Å². The van der Waals surface area contributed by atoms with Crippen LogP contribution in [0.5, 0.6) is 0 Å². The van der Waals surface area contributed by atoms with Crippen LogP contribution in [0.2, 0.25) is 0 Å². The maximum absolute atomic E-state index is 11.4. The van der Waals surface area contributed by atoms with Crippen LogP contribution < -0.4 is 9.44 Å². The summed E-state index contributed by atoms with van der Waals surface area (Å²) in [4.78, 5) is 0. The molecule has 5 nitrogen and oxygen atoms in total. The van der Waals surface area contributed by atoms with Crippen molar-refractivity contribution in [2.45, 2.75) is 33.7 Å². The van der Waals surface area contributed by atoms with Crippen molar-refractivity contribution in [3.8, 4) is 6.07 Å². The lowest BCUT2D eigenvalue weighted by Gasteiger charge is -2.16. The van der Waals surface area contributed by atoms with Crippen LogP contribution in [0.4, 0.5) is 0 Å². The molecule has 0 aliphatic rings. The molecule has 1 unspecified atom stereocenters. The van der Waals surface area contributed by atoms with Gasteiger partial charge in [-0.25, -0.2) is 4.72 Å². The molecule has 1 atom stereocenters. The van der Waals surface area contributed by atoms with Gasteiger partial charge in [0.1, 0.15) is 6.04 Å². The van der Waals surface area contributed by atoms with Gasteiger partial charge in [0.25, 0.3) is 10.2 Å². The Morgan fingerprint density at radius 2 is 1.80 bits per heavy atom. The fraction of sp³-hybridized carbons (Fsp3) is 0.889. The monoisotopic (exact) mass is 233 g/mol. The first-order valence-electron chi connectivity index (χ1n) is 4.95. The van der Waals surface area contributed by atoms with Crippen molar-refractivity contribution >= 4 is 10.2 Å². The van der Waals surface area contributed by atoms with Gasteiger partial charge in [0, 0.05) is 6.54 Å². The Labute approximate surface area is 92.0 Å². The van der Waals surface area contributed by atoms with Crippen LogP contribution in [0.15, 0.2) is 0 Å². The molecule has 0 saturated carbocycles. The highest BCUT2D eigenvalue weighted by atomic mass is 32.2.